The van der Waals surface area contributed by atoms with E-state index in [9.17, 15) is 4.79 Å². The Hall–Kier alpha value is -1.07. The lowest BCUT2D eigenvalue weighted by Crippen LogP contribution is -2.29. The lowest BCUT2D eigenvalue weighted by Gasteiger charge is -2.03. The highest BCUT2D eigenvalue weighted by atomic mass is 32.2. The smallest absolute Gasteiger partial charge is 0.220 e. The van der Waals surface area contributed by atoms with Gasteiger partial charge < -0.3 is 11.1 Å². The number of rotatable bonds is 7. The molecule has 4 nitrogen and oxygen atoms in total. The molecule has 0 aliphatic rings. The van der Waals surface area contributed by atoms with Crippen LogP contribution < -0.4 is 11.1 Å². The first-order chi connectivity index (χ1) is 7.83. The Labute approximate surface area is 100 Å². The second-order valence-corrected chi connectivity index (χ2v) is 4.37. The Bertz CT molecular complexity index is 305. The van der Waals surface area contributed by atoms with E-state index in [1.165, 1.54) is 0 Å². The molecule has 0 spiro atoms. The summed E-state index contributed by atoms with van der Waals surface area (Å²) in [6.45, 7) is 1.05. The second-order valence-electron chi connectivity index (χ2n) is 3.26. The first-order valence-corrected chi connectivity index (χ1v) is 6.43. The van der Waals surface area contributed by atoms with Crippen LogP contribution in [0, 0.1) is 0 Å². The quantitative estimate of drug-likeness (QED) is 0.690. The summed E-state index contributed by atoms with van der Waals surface area (Å²) in [6.07, 6.45) is 2.32. The summed E-state index contributed by atoms with van der Waals surface area (Å²) in [5.74, 6) is 1.73. The molecule has 0 radical (unpaired) electrons. The Balaban J connectivity index is 2.06. The Kier molecular flexibility index (Phi) is 6.60. The van der Waals surface area contributed by atoms with Crippen molar-refractivity contribution in [2.24, 2.45) is 5.73 Å². The first kappa shape index (κ1) is 13.0. The molecule has 88 valence electrons. The van der Waals surface area contributed by atoms with E-state index in [1.54, 1.807) is 18.0 Å². The van der Waals surface area contributed by atoms with Crippen LogP contribution in [0.5, 0.6) is 0 Å². The van der Waals surface area contributed by atoms with Gasteiger partial charge in [0.05, 0.1) is 5.69 Å². The maximum Gasteiger partial charge on any atom is 0.220 e. The molecule has 1 heterocycles. The van der Waals surface area contributed by atoms with Gasteiger partial charge in [0.1, 0.15) is 0 Å². The molecule has 5 heteroatoms. The molecule has 0 bridgehead atoms. The minimum atomic E-state index is 0.0685. The lowest BCUT2D eigenvalue weighted by molar-refractivity contribution is -0.120. The van der Waals surface area contributed by atoms with Gasteiger partial charge in [-0.15, -0.1) is 0 Å². The van der Waals surface area contributed by atoms with Crippen LogP contribution in [0.4, 0.5) is 0 Å². The number of carbonyl (C=O) groups is 1. The maximum absolute atomic E-state index is 11.2. The fourth-order valence-electron chi connectivity index (χ4n) is 1.13. The van der Waals surface area contributed by atoms with E-state index in [4.69, 9.17) is 5.73 Å². The third-order valence-electron chi connectivity index (χ3n) is 1.92. The van der Waals surface area contributed by atoms with E-state index in [1.807, 2.05) is 18.2 Å². The fraction of sp³-hybridized carbons (Fsp3) is 0.455. The molecule has 3 N–H and O–H groups in total. The van der Waals surface area contributed by atoms with E-state index in [-0.39, 0.29) is 5.91 Å². The van der Waals surface area contributed by atoms with Gasteiger partial charge in [-0.1, -0.05) is 6.07 Å². The summed E-state index contributed by atoms with van der Waals surface area (Å²) in [5, 5.41) is 2.74. The van der Waals surface area contributed by atoms with Crippen molar-refractivity contribution < 1.29 is 4.79 Å². The van der Waals surface area contributed by atoms with Crippen molar-refractivity contribution in [1.29, 1.82) is 0 Å². The van der Waals surface area contributed by atoms with Crippen molar-refractivity contribution in [3.8, 4) is 0 Å². The number of thioether (sulfide) groups is 1. The molecule has 0 aromatic carbocycles. The zero-order chi connectivity index (χ0) is 11.6. The van der Waals surface area contributed by atoms with Gasteiger partial charge in [0.15, 0.2) is 0 Å². The molecule has 0 aliphatic carbocycles. The molecule has 0 aliphatic heterocycles. The van der Waals surface area contributed by atoms with Crippen LogP contribution in [0.2, 0.25) is 0 Å². The third-order valence-corrected chi connectivity index (χ3v) is 2.91. The standard InChI is InChI=1S/C11H17N3OS/c12-5-7-14-11(15)4-8-16-9-10-3-1-2-6-13-10/h1-3,6H,4-5,7-9,12H2,(H,14,15). The largest absolute Gasteiger partial charge is 0.355 e. The minimum Gasteiger partial charge on any atom is -0.355 e. The topological polar surface area (TPSA) is 68.0 Å². The Morgan fingerprint density at radius 1 is 1.50 bits per heavy atom. The van der Waals surface area contributed by atoms with Crippen molar-refractivity contribution >= 4 is 17.7 Å². The van der Waals surface area contributed by atoms with E-state index >= 15 is 0 Å². The molecule has 1 amide bonds. The SMILES string of the molecule is NCCNC(=O)CCSCc1ccccn1. The number of hydrogen-bond acceptors (Lipinski definition) is 4. The van der Waals surface area contributed by atoms with Gasteiger partial charge in [0.2, 0.25) is 5.91 Å². The summed E-state index contributed by atoms with van der Waals surface area (Å²) in [6, 6.07) is 5.85. The number of carbonyl (C=O) groups excluding carboxylic acids is 1. The van der Waals surface area contributed by atoms with Crippen LogP contribution in [-0.2, 0) is 10.5 Å². The van der Waals surface area contributed by atoms with E-state index in [2.05, 4.69) is 10.3 Å². The summed E-state index contributed by atoms with van der Waals surface area (Å²) >= 11 is 1.71. The zero-order valence-corrected chi connectivity index (χ0v) is 10.0. The van der Waals surface area contributed by atoms with Crippen LogP contribution in [0.25, 0.3) is 0 Å². The van der Waals surface area contributed by atoms with Crippen molar-refractivity contribution in [3.05, 3.63) is 30.1 Å². The van der Waals surface area contributed by atoms with E-state index in [0.717, 1.165) is 17.2 Å². The number of hydrogen-bond donors (Lipinski definition) is 2. The Morgan fingerprint density at radius 3 is 3.06 bits per heavy atom. The normalized spacial score (nSPS) is 10.1. The third kappa shape index (κ3) is 5.72. The fourth-order valence-corrected chi connectivity index (χ4v) is 1.98. The van der Waals surface area contributed by atoms with Gasteiger partial charge in [-0.05, 0) is 12.1 Å². The molecule has 0 saturated heterocycles. The lowest BCUT2D eigenvalue weighted by atomic mass is 10.4. The number of nitrogens with zero attached hydrogens (tertiary/aromatic N) is 1. The molecule has 16 heavy (non-hydrogen) atoms. The minimum absolute atomic E-state index is 0.0685. The summed E-state index contributed by atoms with van der Waals surface area (Å²) < 4.78 is 0. The number of nitrogens with two attached hydrogens (primary N) is 1. The summed E-state index contributed by atoms with van der Waals surface area (Å²) in [4.78, 5) is 15.4. The average Bonchev–Trinajstić information content (AvgIpc) is 2.33. The molecule has 1 rings (SSSR count). The highest BCUT2D eigenvalue weighted by molar-refractivity contribution is 7.98. The van der Waals surface area contributed by atoms with E-state index < -0.39 is 0 Å². The number of aromatic nitrogens is 1. The summed E-state index contributed by atoms with van der Waals surface area (Å²) in [5.41, 5.74) is 6.33. The molecule has 0 saturated carbocycles. The van der Waals surface area contributed by atoms with Crippen LogP contribution in [0.1, 0.15) is 12.1 Å². The second kappa shape index (κ2) is 8.13. The predicted octanol–water partition coefficient (Wildman–Crippen LogP) is 0.780. The number of amides is 1. The summed E-state index contributed by atoms with van der Waals surface area (Å²) in [7, 11) is 0. The predicted molar refractivity (Wildman–Crippen MR) is 67.1 cm³/mol. The van der Waals surface area contributed by atoms with Crippen LogP contribution in [-0.4, -0.2) is 29.7 Å². The zero-order valence-electron chi connectivity index (χ0n) is 9.19. The molecule has 1 aromatic rings. The van der Waals surface area contributed by atoms with Gasteiger partial charge in [-0.2, -0.15) is 11.8 Å². The highest BCUT2D eigenvalue weighted by Gasteiger charge is 2.00. The number of nitrogens with one attached hydrogen (secondary N) is 1. The molecule has 0 unspecified atom stereocenters. The molecule has 0 fully saturated rings. The molecular weight excluding hydrogens is 222 g/mol. The van der Waals surface area contributed by atoms with Gasteiger partial charge in [0, 0.05) is 37.2 Å². The molecule has 1 aromatic heterocycles. The van der Waals surface area contributed by atoms with Crippen LogP contribution in [0.15, 0.2) is 24.4 Å². The molecular formula is C11H17N3OS. The monoisotopic (exact) mass is 239 g/mol. The van der Waals surface area contributed by atoms with Crippen molar-refractivity contribution in [1.82, 2.24) is 10.3 Å². The first-order valence-electron chi connectivity index (χ1n) is 5.27. The van der Waals surface area contributed by atoms with Crippen molar-refractivity contribution in [2.45, 2.75) is 12.2 Å². The van der Waals surface area contributed by atoms with E-state index in [0.29, 0.717) is 19.5 Å². The maximum atomic E-state index is 11.2. The van der Waals surface area contributed by atoms with Gasteiger partial charge in [-0.3, -0.25) is 9.78 Å². The van der Waals surface area contributed by atoms with Crippen molar-refractivity contribution in [3.63, 3.8) is 0 Å². The van der Waals surface area contributed by atoms with Gasteiger partial charge in [-0.25, -0.2) is 0 Å². The number of pyridine rings is 1. The Morgan fingerprint density at radius 2 is 2.38 bits per heavy atom. The van der Waals surface area contributed by atoms with Gasteiger partial charge in [0.25, 0.3) is 0 Å². The van der Waals surface area contributed by atoms with Crippen LogP contribution >= 0.6 is 11.8 Å². The molecule has 0 atom stereocenters. The van der Waals surface area contributed by atoms with Crippen molar-refractivity contribution in [2.75, 3.05) is 18.8 Å². The van der Waals surface area contributed by atoms with Crippen LogP contribution in [0.3, 0.4) is 0 Å². The highest BCUT2D eigenvalue weighted by Crippen LogP contribution is 2.10. The average molecular weight is 239 g/mol. The van der Waals surface area contributed by atoms with Gasteiger partial charge >= 0.3 is 0 Å².